The van der Waals surface area contributed by atoms with Crippen molar-refractivity contribution >= 4 is 43.6 Å². The van der Waals surface area contributed by atoms with Crippen LogP contribution in [-0.4, -0.2) is 19.1 Å². The Morgan fingerprint density at radius 2 is 1.04 bits per heavy atom. The van der Waals surface area contributed by atoms with Crippen molar-refractivity contribution in [2.45, 2.75) is 6.42 Å². The van der Waals surface area contributed by atoms with E-state index >= 15 is 0 Å². The van der Waals surface area contributed by atoms with Crippen LogP contribution in [0.5, 0.6) is 0 Å². The third kappa shape index (κ3) is 4.26. The number of benzene rings is 7. The number of fused-ring (bicyclic) bond motifs is 9. The molecule has 0 aliphatic heterocycles. The molecule has 1 aliphatic carbocycles. The summed E-state index contributed by atoms with van der Waals surface area (Å²) in [6.07, 6.45) is 2.74. The van der Waals surface area contributed by atoms with Crippen molar-refractivity contribution in [1.82, 2.24) is 19.1 Å². The maximum absolute atomic E-state index is 5.20. The van der Waals surface area contributed by atoms with Crippen LogP contribution in [0.15, 0.2) is 170 Å². The first-order valence-corrected chi connectivity index (χ1v) is 17.5. The van der Waals surface area contributed by atoms with Gasteiger partial charge >= 0.3 is 0 Å². The first-order chi connectivity index (χ1) is 25.3. The number of hydrogen-bond donors (Lipinski definition) is 0. The molecule has 0 saturated carbocycles. The molecule has 0 amide bonds. The Hall–Kier alpha value is -6.78. The number of hydrogen-bond acceptors (Lipinski definition) is 2. The lowest BCUT2D eigenvalue weighted by molar-refractivity contribution is 0.995. The first kappa shape index (κ1) is 28.1. The van der Waals surface area contributed by atoms with Gasteiger partial charge in [0.1, 0.15) is 0 Å². The van der Waals surface area contributed by atoms with Gasteiger partial charge in [-0.15, -0.1) is 0 Å². The largest absolute Gasteiger partial charge is 0.309 e. The minimum Gasteiger partial charge on any atom is -0.309 e. The molecule has 0 fully saturated rings. The third-order valence-corrected chi connectivity index (χ3v) is 10.6. The van der Waals surface area contributed by atoms with E-state index < -0.39 is 0 Å². The Morgan fingerprint density at radius 3 is 1.88 bits per heavy atom. The molecule has 238 valence electrons. The van der Waals surface area contributed by atoms with Gasteiger partial charge in [-0.1, -0.05) is 121 Å². The van der Waals surface area contributed by atoms with Gasteiger partial charge in [0.15, 0.2) is 5.82 Å². The van der Waals surface area contributed by atoms with Gasteiger partial charge < -0.3 is 4.57 Å². The molecule has 3 heterocycles. The summed E-state index contributed by atoms with van der Waals surface area (Å²) >= 11 is 0. The SMILES string of the molecule is c1ccc(-c2ccc(-n3c4ccccc4c4ccc(-c5ccc6c(c5)c5ccccc5n6-c5cnc6c(n5)Cc5ccccc5-6)cc43)cc2)cc1. The van der Waals surface area contributed by atoms with Gasteiger partial charge in [-0.05, 0) is 70.3 Å². The second-order valence-electron chi connectivity index (χ2n) is 13.4. The standard InChI is InChI=1S/C47H30N4/c1-2-10-30(11-3-1)31-18-22-35(23-19-31)50-42-16-8-6-14-37(42)39-24-20-33(28-45(39)50)32-21-25-44-40(26-32)38-15-7-9-17-43(38)51(44)46-29-48-47-36-13-5-4-12-34(36)27-41(47)49-46/h1-26,28-29H,27H2. The molecule has 0 spiro atoms. The fourth-order valence-corrected chi connectivity index (χ4v) is 8.22. The van der Waals surface area contributed by atoms with E-state index in [0.29, 0.717) is 0 Å². The first-order valence-electron chi connectivity index (χ1n) is 17.5. The highest BCUT2D eigenvalue weighted by molar-refractivity contribution is 6.12. The van der Waals surface area contributed by atoms with Crippen molar-refractivity contribution in [3.63, 3.8) is 0 Å². The zero-order valence-corrected chi connectivity index (χ0v) is 27.7. The second kappa shape index (κ2) is 10.9. The highest BCUT2D eigenvalue weighted by Gasteiger charge is 2.23. The topological polar surface area (TPSA) is 35.6 Å². The molecule has 10 aromatic rings. The zero-order valence-electron chi connectivity index (χ0n) is 27.7. The predicted molar refractivity (Wildman–Crippen MR) is 210 cm³/mol. The molecule has 0 bridgehead atoms. The lowest BCUT2D eigenvalue weighted by Crippen LogP contribution is -2.01. The molecule has 4 nitrogen and oxygen atoms in total. The van der Waals surface area contributed by atoms with Crippen molar-refractivity contribution in [2.24, 2.45) is 0 Å². The second-order valence-corrected chi connectivity index (χ2v) is 13.4. The van der Waals surface area contributed by atoms with Gasteiger partial charge in [0, 0.05) is 39.2 Å². The van der Waals surface area contributed by atoms with E-state index in [1.165, 1.54) is 66.0 Å². The Morgan fingerprint density at radius 1 is 0.431 bits per heavy atom. The predicted octanol–water partition coefficient (Wildman–Crippen LogP) is 11.6. The Balaban J connectivity index is 1.05. The van der Waals surface area contributed by atoms with Crippen molar-refractivity contribution in [1.29, 1.82) is 0 Å². The van der Waals surface area contributed by atoms with E-state index in [1.807, 2.05) is 6.20 Å². The minimum absolute atomic E-state index is 0.810. The Kier molecular flexibility index (Phi) is 5.98. The normalized spacial score (nSPS) is 12.2. The van der Waals surface area contributed by atoms with Gasteiger partial charge in [0.2, 0.25) is 0 Å². The molecule has 7 aromatic carbocycles. The molecule has 3 aromatic heterocycles. The van der Waals surface area contributed by atoms with Gasteiger partial charge in [-0.3, -0.25) is 9.55 Å². The summed E-state index contributed by atoms with van der Waals surface area (Å²) in [6, 6.07) is 59.1. The molecular formula is C47H30N4. The van der Waals surface area contributed by atoms with E-state index in [4.69, 9.17) is 9.97 Å². The van der Waals surface area contributed by atoms with Gasteiger partial charge in [0.05, 0.1) is 39.7 Å². The summed E-state index contributed by atoms with van der Waals surface area (Å²) in [6.45, 7) is 0. The van der Waals surface area contributed by atoms with Crippen LogP contribution in [0.2, 0.25) is 0 Å². The van der Waals surface area contributed by atoms with Gasteiger partial charge in [-0.2, -0.15) is 0 Å². The lowest BCUT2D eigenvalue weighted by Gasteiger charge is -2.11. The average molecular weight is 651 g/mol. The number of nitrogens with zero attached hydrogens (tertiary/aromatic N) is 4. The highest BCUT2D eigenvalue weighted by Crippen LogP contribution is 2.39. The fraction of sp³-hybridized carbons (Fsp3) is 0.0213. The number of rotatable bonds is 4. The average Bonchev–Trinajstić information content (AvgIpc) is 3.85. The summed E-state index contributed by atoms with van der Waals surface area (Å²) in [5, 5.41) is 4.90. The minimum atomic E-state index is 0.810. The van der Waals surface area contributed by atoms with Crippen molar-refractivity contribution in [2.75, 3.05) is 0 Å². The van der Waals surface area contributed by atoms with Crippen molar-refractivity contribution in [3.8, 4) is 45.0 Å². The van der Waals surface area contributed by atoms with Crippen LogP contribution in [-0.2, 0) is 6.42 Å². The van der Waals surface area contributed by atoms with E-state index in [-0.39, 0.29) is 0 Å². The monoisotopic (exact) mass is 650 g/mol. The molecule has 1 aliphatic rings. The third-order valence-electron chi connectivity index (χ3n) is 10.6. The van der Waals surface area contributed by atoms with Crippen LogP contribution in [0.1, 0.15) is 11.3 Å². The van der Waals surface area contributed by atoms with E-state index in [1.54, 1.807) is 0 Å². The van der Waals surface area contributed by atoms with Crippen LogP contribution in [0.4, 0.5) is 0 Å². The van der Waals surface area contributed by atoms with Crippen molar-refractivity contribution < 1.29 is 0 Å². The molecule has 11 rings (SSSR count). The van der Waals surface area contributed by atoms with Crippen LogP contribution >= 0.6 is 0 Å². The number of aromatic nitrogens is 4. The molecule has 51 heavy (non-hydrogen) atoms. The molecule has 0 saturated heterocycles. The maximum atomic E-state index is 5.20. The molecule has 0 unspecified atom stereocenters. The van der Waals surface area contributed by atoms with Crippen molar-refractivity contribution in [3.05, 3.63) is 181 Å². The molecular weight excluding hydrogens is 621 g/mol. The summed E-state index contributed by atoms with van der Waals surface area (Å²) in [4.78, 5) is 10.2. The maximum Gasteiger partial charge on any atom is 0.156 e. The van der Waals surface area contributed by atoms with E-state index in [9.17, 15) is 0 Å². The lowest BCUT2D eigenvalue weighted by atomic mass is 10.0. The zero-order chi connectivity index (χ0) is 33.5. The molecule has 4 heteroatoms. The molecule has 0 radical (unpaired) electrons. The van der Waals surface area contributed by atoms with E-state index in [0.717, 1.165) is 40.3 Å². The molecule has 0 atom stereocenters. The summed E-state index contributed by atoms with van der Waals surface area (Å²) in [7, 11) is 0. The Labute approximate surface area is 294 Å². The fourth-order valence-electron chi connectivity index (χ4n) is 8.22. The summed E-state index contributed by atoms with van der Waals surface area (Å²) in [5.41, 5.74) is 15.1. The van der Waals surface area contributed by atoms with Crippen LogP contribution in [0, 0.1) is 0 Å². The smallest absolute Gasteiger partial charge is 0.156 e. The number of para-hydroxylation sites is 2. The Bertz CT molecular complexity index is 2980. The van der Waals surface area contributed by atoms with Crippen LogP contribution < -0.4 is 0 Å². The summed E-state index contributed by atoms with van der Waals surface area (Å²) < 4.78 is 4.67. The van der Waals surface area contributed by atoms with Gasteiger partial charge in [0.25, 0.3) is 0 Å². The highest BCUT2D eigenvalue weighted by atomic mass is 15.1. The van der Waals surface area contributed by atoms with Crippen LogP contribution in [0.3, 0.4) is 0 Å². The van der Waals surface area contributed by atoms with Crippen LogP contribution in [0.25, 0.3) is 88.6 Å². The quantitative estimate of drug-likeness (QED) is 0.190. The van der Waals surface area contributed by atoms with Gasteiger partial charge in [-0.25, -0.2) is 4.98 Å². The molecule has 0 N–H and O–H groups in total. The summed E-state index contributed by atoms with van der Waals surface area (Å²) in [5.74, 6) is 0.852. The van der Waals surface area contributed by atoms with E-state index in [2.05, 4.69) is 173 Å².